The monoisotopic (exact) mass is 567 g/mol. The zero-order valence-electron chi connectivity index (χ0n) is 22.4. The van der Waals surface area contributed by atoms with Gasteiger partial charge in [0.25, 0.3) is 0 Å². The van der Waals surface area contributed by atoms with Gasteiger partial charge in [-0.2, -0.15) is 4.98 Å². The number of piperazine rings is 1. The summed E-state index contributed by atoms with van der Waals surface area (Å²) in [6.45, 7) is 9.56. The largest absolute Gasteiger partial charge is 0.489 e. The van der Waals surface area contributed by atoms with E-state index in [4.69, 9.17) is 16.3 Å². The molecule has 2 fully saturated rings. The second-order valence-electron chi connectivity index (χ2n) is 10.8. The minimum Gasteiger partial charge on any atom is -0.489 e. The van der Waals surface area contributed by atoms with Crippen LogP contribution in [0.3, 0.4) is 0 Å². The number of nitrogens with zero attached hydrogens (tertiary/aromatic N) is 4. The molecule has 3 aromatic rings. The molecule has 3 N–H and O–H groups in total. The first kappa shape index (κ1) is 26.4. The molecule has 9 nitrogen and oxygen atoms in total. The first-order valence-corrected chi connectivity index (χ1v) is 16.5. The van der Waals surface area contributed by atoms with Crippen LogP contribution in [0.1, 0.15) is 12.8 Å². The lowest BCUT2D eigenvalue weighted by molar-refractivity contribution is 0.110. The number of piperidine rings is 1. The highest BCUT2D eigenvalue weighted by Crippen LogP contribution is 2.40. The number of halogens is 1. The Kier molecular flexibility index (Phi) is 7.42. The molecule has 0 amide bonds. The normalized spacial score (nSPS) is 20.1. The Balaban J connectivity index is 1.16. The van der Waals surface area contributed by atoms with Crippen molar-refractivity contribution < 1.29 is 9.30 Å². The van der Waals surface area contributed by atoms with E-state index in [1.165, 1.54) is 12.8 Å². The molecule has 4 heterocycles. The lowest BCUT2D eigenvalue weighted by Crippen LogP contribution is -2.60. The molecule has 1 aromatic heterocycles. The van der Waals surface area contributed by atoms with Crippen LogP contribution in [-0.2, 0) is 4.57 Å². The maximum atomic E-state index is 12.8. The third kappa shape index (κ3) is 5.73. The zero-order valence-corrected chi connectivity index (χ0v) is 24.0. The minimum absolute atomic E-state index is 0.373. The molecule has 3 aliphatic rings. The molecule has 3 aliphatic heterocycles. The zero-order chi connectivity index (χ0) is 27.0. The number of fused-ring (bicyclic) bond motifs is 3. The molecule has 39 heavy (non-hydrogen) atoms. The number of hydrogen-bond acceptors (Lipinski definition) is 9. The van der Waals surface area contributed by atoms with Crippen molar-refractivity contribution in [3.05, 3.63) is 53.7 Å². The molecule has 0 bridgehead atoms. The van der Waals surface area contributed by atoms with Crippen LogP contribution in [0, 0.1) is 0 Å². The van der Waals surface area contributed by atoms with Crippen molar-refractivity contribution in [1.82, 2.24) is 20.2 Å². The van der Waals surface area contributed by atoms with Gasteiger partial charge in [-0.15, -0.1) is 0 Å². The molecule has 0 spiro atoms. The van der Waals surface area contributed by atoms with Crippen molar-refractivity contribution in [2.45, 2.75) is 24.9 Å². The van der Waals surface area contributed by atoms with Gasteiger partial charge in [-0.05, 0) is 63.5 Å². The molecule has 0 aliphatic carbocycles. The standard InChI is InChI=1S/C28H35ClN7O2P/c1-39(2,37)26-6-4-3-5-23(26)33-27-22(29)16-31-28(34-27)32-19-7-8-24-25(15-19)38-18-21-17-35(13-14-36(21)24)20-9-11-30-12-10-20/h3-8,15-16,20-21,30H,9-14,17-18H2,1-2H3,(H2,31,32,33,34)/t21-/m1/s1. The number of anilines is 5. The van der Waals surface area contributed by atoms with Gasteiger partial charge in [-0.25, -0.2) is 4.98 Å². The van der Waals surface area contributed by atoms with Crippen LogP contribution < -0.4 is 30.9 Å². The van der Waals surface area contributed by atoms with Crippen molar-refractivity contribution in [3.8, 4) is 5.75 Å². The summed E-state index contributed by atoms with van der Waals surface area (Å²) in [5, 5.41) is 11.1. The second kappa shape index (κ2) is 11.0. The van der Waals surface area contributed by atoms with Crippen LogP contribution in [0.15, 0.2) is 48.7 Å². The van der Waals surface area contributed by atoms with Gasteiger partial charge in [0, 0.05) is 42.7 Å². The summed E-state index contributed by atoms with van der Waals surface area (Å²) in [6, 6.07) is 14.7. The van der Waals surface area contributed by atoms with Gasteiger partial charge in [0.2, 0.25) is 5.95 Å². The van der Waals surface area contributed by atoms with Crippen molar-refractivity contribution in [2.24, 2.45) is 0 Å². The maximum Gasteiger partial charge on any atom is 0.229 e. The van der Waals surface area contributed by atoms with Gasteiger partial charge < -0.3 is 30.2 Å². The Morgan fingerprint density at radius 1 is 1.08 bits per heavy atom. The quantitative estimate of drug-likeness (QED) is 0.372. The number of ether oxygens (including phenoxy) is 1. The molecule has 2 aromatic carbocycles. The number of para-hydroxylation sites is 1. The first-order chi connectivity index (χ1) is 18.8. The smallest absolute Gasteiger partial charge is 0.229 e. The van der Waals surface area contributed by atoms with Gasteiger partial charge in [-0.1, -0.05) is 23.7 Å². The highest BCUT2D eigenvalue weighted by atomic mass is 35.5. The number of nitrogens with one attached hydrogen (secondary N) is 3. The summed E-state index contributed by atoms with van der Waals surface area (Å²) < 4.78 is 19.0. The Morgan fingerprint density at radius 3 is 2.72 bits per heavy atom. The Bertz CT molecular complexity index is 1390. The van der Waals surface area contributed by atoms with E-state index in [0.29, 0.717) is 35.5 Å². The topological polar surface area (TPSA) is 94.6 Å². The molecule has 6 rings (SSSR count). The average Bonchev–Trinajstić information content (AvgIpc) is 2.94. The van der Waals surface area contributed by atoms with Crippen molar-refractivity contribution in [2.75, 3.05) is 68.2 Å². The summed E-state index contributed by atoms with van der Waals surface area (Å²) in [5.41, 5.74) is 2.69. The molecular formula is C28H35ClN7O2P. The van der Waals surface area contributed by atoms with E-state index in [9.17, 15) is 4.57 Å². The number of hydrogen-bond donors (Lipinski definition) is 3. The van der Waals surface area contributed by atoms with Crippen LogP contribution in [-0.4, -0.2) is 79.6 Å². The summed E-state index contributed by atoms with van der Waals surface area (Å²) in [4.78, 5) is 14.1. The second-order valence-corrected chi connectivity index (χ2v) is 14.4. The lowest BCUT2D eigenvalue weighted by atomic mass is 10.0. The van der Waals surface area contributed by atoms with Crippen LogP contribution in [0.25, 0.3) is 0 Å². The highest BCUT2D eigenvalue weighted by molar-refractivity contribution is 7.70. The molecule has 0 radical (unpaired) electrons. The van der Waals surface area contributed by atoms with Crippen molar-refractivity contribution in [3.63, 3.8) is 0 Å². The Morgan fingerprint density at radius 2 is 1.90 bits per heavy atom. The Hall–Kier alpha value is -2.84. The van der Waals surface area contributed by atoms with Gasteiger partial charge in [0.1, 0.15) is 24.5 Å². The number of rotatable bonds is 6. The molecule has 2 saturated heterocycles. The SMILES string of the molecule is CP(C)(=O)c1ccccc1Nc1nc(Nc2ccc3c(c2)OC[C@H]2CN(C4CCNCC4)CCN32)ncc1Cl. The molecule has 1 atom stereocenters. The van der Waals surface area contributed by atoms with Crippen LogP contribution in [0.4, 0.5) is 28.8 Å². The lowest BCUT2D eigenvalue weighted by Gasteiger charge is -2.48. The third-order valence-electron chi connectivity index (χ3n) is 7.78. The fourth-order valence-electron chi connectivity index (χ4n) is 5.79. The summed E-state index contributed by atoms with van der Waals surface area (Å²) in [5.74, 6) is 1.72. The summed E-state index contributed by atoms with van der Waals surface area (Å²) >= 11 is 6.42. The molecular weight excluding hydrogens is 533 g/mol. The van der Waals surface area contributed by atoms with Crippen LogP contribution >= 0.6 is 18.7 Å². The molecule has 11 heteroatoms. The van der Waals surface area contributed by atoms with E-state index in [0.717, 1.165) is 60.8 Å². The van der Waals surface area contributed by atoms with E-state index in [-0.39, 0.29) is 0 Å². The van der Waals surface area contributed by atoms with Gasteiger partial charge >= 0.3 is 0 Å². The van der Waals surface area contributed by atoms with E-state index in [2.05, 4.69) is 41.8 Å². The molecule has 206 valence electrons. The minimum atomic E-state index is -2.50. The van der Waals surface area contributed by atoms with E-state index < -0.39 is 7.14 Å². The van der Waals surface area contributed by atoms with E-state index in [1.807, 2.05) is 36.4 Å². The molecule has 0 unspecified atom stereocenters. The summed E-state index contributed by atoms with van der Waals surface area (Å²) in [6.07, 6.45) is 4.02. The summed E-state index contributed by atoms with van der Waals surface area (Å²) in [7, 11) is -2.50. The predicted molar refractivity (Wildman–Crippen MR) is 160 cm³/mol. The fraction of sp³-hybridized carbons (Fsp3) is 0.429. The predicted octanol–water partition coefficient (Wildman–Crippen LogP) is 4.50. The Labute approximate surface area is 234 Å². The van der Waals surface area contributed by atoms with Gasteiger partial charge in [0.05, 0.1) is 23.6 Å². The maximum absolute atomic E-state index is 12.8. The average molecular weight is 568 g/mol. The third-order valence-corrected chi connectivity index (χ3v) is 9.60. The highest BCUT2D eigenvalue weighted by Gasteiger charge is 2.35. The van der Waals surface area contributed by atoms with E-state index >= 15 is 0 Å². The van der Waals surface area contributed by atoms with Gasteiger partial charge in [-0.3, -0.25) is 4.90 Å². The van der Waals surface area contributed by atoms with Crippen LogP contribution in [0.5, 0.6) is 5.75 Å². The van der Waals surface area contributed by atoms with Crippen molar-refractivity contribution in [1.29, 1.82) is 0 Å². The first-order valence-electron chi connectivity index (χ1n) is 13.5. The fourth-order valence-corrected chi connectivity index (χ4v) is 7.09. The number of benzene rings is 2. The van der Waals surface area contributed by atoms with Crippen LogP contribution in [0.2, 0.25) is 5.02 Å². The molecule has 0 saturated carbocycles. The van der Waals surface area contributed by atoms with Gasteiger partial charge in [0.15, 0.2) is 5.82 Å². The van der Waals surface area contributed by atoms with E-state index in [1.54, 1.807) is 19.5 Å². The number of aromatic nitrogens is 2. The van der Waals surface area contributed by atoms with Crippen molar-refractivity contribution >= 4 is 52.9 Å².